The standard InChI is InChI=1S/C39H26N2/c1-3-14-28(15-4-1)36-26-31-18-8-10-23-35(31)39-37(38(40-41(36)39)29-16-5-2-6-17-29)32-21-11-20-30(25-32)34-24-12-19-27-13-7-9-22-33(27)34/h1-26H. The van der Waals surface area contributed by atoms with Crippen molar-refractivity contribution in [2.24, 2.45) is 0 Å². The summed E-state index contributed by atoms with van der Waals surface area (Å²) in [4.78, 5) is 0. The zero-order chi connectivity index (χ0) is 27.2. The number of hydrogen-bond acceptors (Lipinski definition) is 1. The lowest BCUT2D eigenvalue weighted by atomic mass is 9.93. The lowest BCUT2D eigenvalue weighted by molar-refractivity contribution is 0.979. The average Bonchev–Trinajstić information content (AvgIpc) is 3.46. The second kappa shape index (κ2) is 9.62. The Labute approximate surface area is 238 Å². The molecule has 0 fully saturated rings. The lowest BCUT2D eigenvalue weighted by Crippen LogP contribution is -1.95. The fourth-order valence-electron chi connectivity index (χ4n) is 6.09. The average molecular weight is 523 g/mol. The third-order valence-corrected chi connectivity index (χ3v) is 7.99. The van der Waals surface area contributed by atoms with Crippen LogP contribution in [0.5, 0.6) is 0 Å². The summed E-state index contributed by atoms with van der Waals surface area (Å²) in [6, 6.07) is 56.1. The van der Waals surface area contributed by atoms with Gasteiger partial charge in [-0.2, -0.15) is 5.10 Å². The van der Waals surface area contributed by atoms with Crippen LogP contribution in [0.15, 0.2) is 158 Å². The van der Waals surface area contributed by atoms with E-state index < -0.39 is 0 Å². The lowest BCUT2D eigenvalue weighted by Gasteiger charge is -2.12. The summed E-state index contributed by atoms with van der Waals surface area (Å²) >= 11 is 0. The zero-order valence-electron chi connectivity index (χ0n) is 22.4. The zero-order valence-corrected chi connectivity index (χ0v) is 22.4. The van der Waals surface area contributed by atoms with Gasteiger partial charge in [0.2, 0.25) is 0 Å². The Morgan fingerprint density at radius 1 is 0.415 bits per heavy atom. The third kappa shape index (κ3) is 3.92. The van der Waals surface area contributed by atoms with Crippen molar-refractivity contribution in [3.8, 4) is 44.8 Å². The predicted octanol–water partition coefficient (Wildman–Crippen LogP) is 10.3. The summed E-state index contributed by atoms with van der Waals surface area (Å²) in [6.07, 6.45) is 0. The molecule has 2 nitrogen and oxygen atoms in total. The first-order chi connectivity index (χ1) is 20.3. The Balaban J connectivity index is 1.48. The summed E-state index contributed by atoms with van der Waals surface area (Å²) in [5.74, 6) is 0. The monoisotopic (exact) mass is 522 g/mol. The molecule has 0 bridgehead atoms. The molecule has 8 rings (SSSR count). The highest BCUT2D eigenvalue weighted by Gasteiger charge is 2.21. The van der Waals surface area contributed by atoms with Gasteiger partial charge in [0.25, 0.3) is 0 Å². The highest BCUT2D eigenvalue weighted by molar-refractivity contribution is 6.09. The molecule has 6 aromatic carbocycles. The smallest absolute Gasteiger partial charge is 0.101 e. The van der Waals surface area contributed by atoms with Gasteiger partial charge < -0.3 is 0 Å². The second-order valence-electron chi connectivity index (χ2n) is 10.4. The van der Waals surface area contributed by atoms with Crippen molar-refractivity contribution >= 4 is 27.1 Å². The van der Waals surface area contributed by atoms with Crippen molar-refractivity contribution in [2.45, 2.75) is 0 Å². The van der Waals surface area contributed by atoms with Crippen LogP contribution < -0.4 is 0 Å². The molecule has 41 heavy (non-hydrogen) atoms. The van der Waals surface area contributed by atoms with Gasteiger partial charge in [-0.25, -0.2) is 4.52 Å². The van der Waals surface area contributed by atoms with E-state index in [1.54, 1.807) is 0 Å². The number of rotatable bonds is 4. The van der Waals surface area contributed by atoms with Crippen LogP contribution in [-0.2, 0) is 0 Å². The van der Waals surface area contributed by atoms with E-state index in [-0.39, 0.29) is 0 Å². The minimum absolute atomic E-state index is 0.981. The van der Waals surface area contributed by atoms with Crippen molar-refractivity contribution in [3.05, 3.63) is 158 Å². The van der Waals surface area contributed by atoms with E-state index in [4.69, 9.17) is 5.10 Å². The molecule has 0 spiro atoms. The van der Waals surface area contributed by atoms with Crippen LogP contribution in [0.2, 0.25) is 0 Å². The van der Waals surface area contributed by atoms with Gasteiger partial charge in [-0.3, -0.25) is 0 Å². The van der Waals surface area contributed by atoms with E-state index in [0.717, 1.165) is 39.2 Å². The number of pyridine rings is 1. The van der Waals surface area contributed by atoms with Crippen LogP contribution in [-0.4, -0.2) is 9.61 Å². The predicted molar refractivity (Wildman–Crippen MR) is 172 cm³/mol. The van der Waals surface area contributed by atoms with Crippen LogP contribution in [0.1, 0.15) is 0 Å². The molecule has 2 aromatic heterocycles. The molecular formula is C39H26N2. The molecule has 0 radical (unpaired) electrons. The van der Waals surface area contributed by atoms with Crippen molar-refractivity contribution < 1.29 is 0 Å². The van der Waals surface area contributed by atoms with Gasteiger partial charge in [0.1, 0.15) is 5.69 Å². The van der Waals surface area contributed by atoms with Gasteiger partial charge in [-0.05, 0) is 45.0 Å². The van der Waals surface area contributed by atoms with Crippen molar-refractivity contribution in [1.82, 2.24) is 9.61 Å². The molecule has 2 heterocycles. The normalized spacial score (nSPS) is 11.4. The Morgan fingerprint density at radius 2 is 1.00 bits per heavy atom. The number of nitrogens with zero attached hydrogens (tertiary/aromatic N) is 2. The molecule has 8 aromatic rings. The molecule has 0 saturated carbocycles. The molecule has 192 valence electrons. The van der Waals surface area contributed by atoms with Gasteiger partial charge in [0.05, 0.1) is 11.2 Å². The van der Waals surface area contributed by atoms with E-state index in [2.05, 4.69) is 162 Å². The van der Waals surface area contributed by atoms with Crippen LogP contribution in [0.4, 0.5) is 0 Å². The first-order valence-corrected chi connectivity index (χ1v) is 14.0. The maximum absolute atomic E-state index is 5.35. The van der Waals surface area contributed by atoms with Crippen LogP contribution >= 0.6 is 0 Å². The number of aromatic nitrogens is 2. The van der Waals surface area contributed by atoms with Crippen molar-refractivity contribution in [3.63, 3.8) is 0 Å². The highest BCUT2D eigenvalue weighted by atomic mass is 15.2. The molecule has 0 aliphatic heterocycles. The first-order valence-electron chi connectivity index (χ1n) is 14.0. The van der Waals surface area contributed by atoms with Crippen LogP contribution in [0.3, 0.4) is 0 Å². The minimum atomic E-state index is 0.981. The molecule has 0 aliphatic carbocycles. The van der Waals surface area contributed by atoms with Gasteiger partial charge in [-0.1, -0.05) is 146 Å². The minimum Gasteiger partial charge on any atom is -0.231 e. The maximum atomic E-state index is 5.35. The van der Waals surface area contributed by atoms with Crippen LogP contribution in [0, 0.1) is 0 Å². The maximum Gasteiger partial charge on any atom is 0.101 e. The molecule has 0 unspecified atom stereocenters. The third-order valence-electron chi connectivity index (χ3n) is 7.99. The first kappa shape index (κ1) is 23.4. The number of hydrogen-bond donors (Lipinski definition) is 0. The van der Waals surface area contributed by atoms with Crippen LogP contribution in [0.25, 0.3) is 71.8 Å². The van der Waals surface area contributed by atoms with Gasteiger partial charge >= 0.3 is 0 Å². The largest absolute Gasteiger partial charge is 0.231 e. The molecular weight excluding hydrogens is 496 g/mol. The molecule has 2 heteroatoms. The van der Waals surface area contributed by atoms with E-state index in [9.17, 15) is 0 Å². The summed E-state index contributed by atoms with van der Waals surface area (Å²) in [7, 11) is 0. The van der Waals surface area contributed by atoms with Gasteiger partial charge in [0, 0.05) is 22.1 Å². The molecule has 0 saturated heterocycles. The fourth-order valence-corrected chi connectivity index (χ4v) is 6.09. The molecule has 0 atom stereocenters. The van der Waals surface area contributed by atoms with Crippen molar-refractivity contribution in [1.29, 1.82) is 0 Å². The SMILES string of the molecule is c1ccc(-c2nn3c(-c4ccccc4)cc4ccccc4c3c2-c2cccc(-c3cccc4ccccc34)c2)cc1. The highest BCUT2D eigenvalue weighted by Crippen LogP contribution is 2.42. The topological polar surface area (TPSA) is 17.3 Å². The Hall–Kier alpha value is -5.47. The number of benzene rings is 6. The molecule has 0 amide bonds. The summed E-state index contributed by atoms with van der Waals surface area (Å²) in [6.45, 7) is 0. The van der Waals surface area contributed by atoms with Gasteiger partial charge in [-0.15, -0.1) is 0 Å². The number of fused-ring (bicyclic) bond motifs is 4. The summed E-state index contributed by atoms with van der Waals surface area (Å²) in [5.41, 5.74) is 10.1. The summed E-state index contributed by atoms with van der Waals surface area (Å²) in [5, 5.41) is 10.2. The van der Waals surface area contributed by atoms with Gasteiger partial charge in [0.15, 0.2) is 0 Å². The fraction of sp³-hybridized carbons (Fsp3) is 0. The molecule has 0 aliphatic rings. The van der Waals surface area contributed by atoms with Crippen molar-refractivity contribution in [2.75, 3.05) is 0 Å². The van der Waals surface area contributed by atoms with E-state index >= 15 is 0 Å². The second-order valence-corrected chi connectivity index (χ2v) is 10.4. The van der Waals surface area contributed by atoms with E-state index in [1.165, 1.54) is 32.7 Å². The van der Waals surface area contributed by atoms with E-state index in [0.29, 0.717) is 0 Å². The Bertz CT molecular complexity index is 2190. The summed E-state index contributed by atoms with van der Waals surface area (Å²) < 4.78 is 2.15. The Kier molecular flexibility index (Phi) is 5.49. The molecule has 0 N–H and O–H groups in total. The Morgan fingerprint density at radius 3 is 1.80 bits per heavy atom. The van der Waals surface area contributed by atoms with E-state index in [1.807, 2.05) is 0 Å². The quantitative estimate of drug-likeness (QED) is 0.225.